The standard InChI is InChI=1S/C27H32FO6PS/c1-5-33-35(30,31-3)34-15-7-6-14-32-27(29)18-25-19(2)24(23-13-10-21(28)17-26(23)25)16-20-8-11-22(36-4)12-9-20/h8-13,16-17H,5-7,14-15,18H2,1-4H3/b24-16-. The number of phosphoric acid groups is 1. The second-order valence-corrected chi connectivity index (χ2v) is 10.8. The van der Waals surface area contributed by atoms with Crippen LogP contribution < -0.4 is 0 Å². The summed E-state index contributed by atoms with van der Waals surface area (Å²) in [5, 5.41) is 0. The van der Waals surface area contributed by atoms with Crippen molar-refractivity contribution in [2.75, 3.05) is 33.2 Å². The fourth-order valence-electron chi connectivity index (χ4n) is 3.91. The molecule has 1 aliphatic carbocycles. The molecule has 0 aromatic heterocycles. The van der Waals surface area contributed by atoms with E-state index in [-0.39, 0.29) is 38.0 Å². The Morgan fingerprint density at radius 2 is 1.78 bits per heavy atom. The predicted octanol–water partition coefficient (Wildman–Crippen LogP) is 7.40. The van der Waals surface area contributed by atoms with Crippen LogP contribution in [-0.4, -0.2) is 39.2 Å². The summed E-state index contributed by atoms with van der Waals surface area (Å²) in [6, 6.07) is 12.9. The van der Waals surface area contributed by atoms with Gasteiger partial charge in [-0.25, -0.2) is 8.96 Å². The van der Waals surface area contributed by atoms with Gasteiger partial charge in [-0.1, -0.05) is 18.2 Å². The number of unbranched alkanes of at least 4 members (excludes halogenated alkanes) is 1. The maximum absolute atomic E-state index is 14.1. The lowest BCUT2D eigenvalue weighted by molar-refractivity contribution is -0.142. The number of allylic oxidation sites excluding steroid dienone is 2. The normalized spacial score (nSPS) is 15.8. The van der Waals surface area contributed by atoms with Crippen LogP contribution in [0.5, 0.6) is 0 Å². The van der Waals surface area contributed by atoms with E-state index in [1.54, 1.807) is 24.8 Å². The number of hydrogen-bond donors (Lipinski definition) is 0. The van der Waals surface area contributed by atoms with E-state index in [0.717, 1.165) is 33.4 Å². The summed E-state index contributed by atoms with van der Waals surface area (Å²) in [7, 11) is -2.25. The van der Waals surface area contributed by atoms with Crippen molar-refractivity contribution in [3.05, 3.63) is 70.5 Å². The summed E-state index contributed by atoms with van der Waals surface area (Å²) in [4.78, 5) is 13.8. The lowest BCUT2D eigenvalue weighted by atomic mass is 10.0. The molecule has 0 radical (unpaired) electrons. The molecule has 0 aliphatic heterocycles. The minimum absolute atomic E-state index is 0.0464. The van der Waals surface area contributed by atoms with Gasteiger partial charge in [0, 0.05) is 12.0 Å². The highest BCUT2D eigenvalue weighted by Crippen LogP contribution is 2.48. The van der Waals surface area contributed by atoms with E-state index in [0.29, 0.717) is 12.8 Å². The van der Waals surface area contributed by atoms with Gasteiger partial charge in [0.2, 0.25) is 0 Å². The van der Waals surface area contributed by atoms with Gasteiger partial charge in [0.25, 0.3) is 0 Å². The average Bonchev–Trinajstić information content (AvgIpc) is 3.11. The highest BCUT2D eigenvalue weighted by atomic mass is 32.2. The van der Waals surface area contributed by atoms with E-state index >= 15 is 0 Å². The van der Waals surface area contributed by atoms with Crippen molar-refractivity contribution in [1.29, 1.82) is 0 Å². The van der Waals surface area contributed by atoms with Gasteiger partial charge in [-0.15, -0.1) is 11.8 Å². The van der Waals surface area contributed by atoms with Gasteiger partial charge < -0.3 is 4.74 Å². The summed E-state index contributed by atoms with van der Waals surface area (Å²) >= 11 is 1.68. The van der Waals surface area contributed by atoms with Crippen molar-refractivity contribution < 1.29 is 32.1 Å². The molecule has 9 heteroatoms. The van der Waals surface area contributed by atoms with Crippen molar-refractivity contribution in [2.45, 2.75) is 38.0 Å². The molecule has 0 saturated carbocycles. The van der Waals surface area contributed by atoms with Crippen molar-refractivity contribution in [3.8, 4) is 0 Å². The molecule has 194 valence electrons. The fourth-order valence-corrected chi connectivity index (χ4v) is 5.27. The van der Waals surface area contributed by atoms with Crippen LogP contribution in [0.4, 0.5) is 4.39 Å². The van der Waals surface area contributed by atoms with E-state index in [1.165, 1.54) is 24.1 Å². The van der Waals surface area contributed by atoms with Crippen molar-refractivity contribution in [1.82, 2.24) is 0 Å². The Kier molecular flexibility index (Phi) is 10.5. The molecule has 1 aliphatic rings. The Bertz CT molecular complexity index is 1180. The summed E-state index contributed by atoms with van der Waals surface area (Å²) in [5.74, 6) is -0.735. The minimum Gasteiger partial charge on any atom is -0.465 e. The van der Waals surface area contributed by atoms with Gasteiger partial charge in [-0.2, -0.15) is 0 Å². The summed E-state index contributed by atoms with van der Waals surface area (Å²) in [6.45, 7) is 4.22. The second kappa shape index (κ2) is 13.4. The zero-order valence-corrected chi connectivity index (χ0v) is 22.8. The molecule has 2 aromatic rings. The number of fused-ring (bicyclic) bond motifs is 1. The van der Waals surface area contributed by atoms with Crippen LogP contribution in [0.2, 0.25) is 0 Å². The number of hydrogen-bond acceptors (Lipinski definition) is 7. The molecule has 6 nitrogen and oxygen atoms in total. The third-order valence-corrected chi connectivity index (χ3v) is 8.03. The smallest absolute Gasteiger partial charge is 0.465 e. The number of halogens is 1. The zero-order chi connectivity index (χ0) is 26.1. The number of rotatable bonds is 13. The monoisotopic (exact) mass is 534 g/mol. The van der Waals surface area contributed by atoms with Crippen molar-refractivity contribution in [3.63, 3.8) is 0 Å². The Morgan fingerprint density at radius 3 is 2.44 bits per heavy atom. The molecule has 0 heterocycles. The molecule has 36 heavy (non-hydrogen) atoms. The van der Waals surface area contributed by atoms with Crippen molar-refractivity contribution in [2.24, 2.45) is 0 Å². The topological polar surface area (TPSA) is 71.1 Å². The molecule has 2 aromatic carbocycles. The maximum atomic E-state index is 14.1. The number of benzene rings is 2. The molecule has 0 bridgehead atoms. The van der Waals surface area contributed by atoms with Gasteiger partial charge in [0.05, 0.1) is 26.2 Å². The van der Waals surface area contributed by atoms with E-state index < -0.39 is 7.82 Å². The fraction of sp³-hybridized carbons (Fsp3) is 0.370. The summed E-state index contributed by atoms with van der Waals surface area (Å²) < 4.78 is 46.5. The van der Waals surface area contributed by atoms with Crippen LogP contribution in [-0.2, 0) is 27.7 Å². The van der Waals surface area contributed by atoms with Crippen LogP contribution in [0, 0.1) is 5.82 Å². The molecule has 0 N–H and O–H groups in total. The van der Waals surface area contributed by atoms with Gasteiger partial charge in [0.1, 0.15) is 5.82 Å². The van der Waals surface area contributed by atoms with E-state index in [2.05, 4.69) is 18.2 Å². The number of phosphoric ester groups is 1. The van der Waals surface area contributed by atoms with E-state index in [9.17, 15) is 13.8 Å². The summed E-state index contributed by atoms with van der Waals surface area (Å²) in [6.07, 6.45) is 5.19. The number of carbonyl (C=O) groups excluding carboxylic acids is 1. The molecular weight excluding hydrogens is 502 g/mol. The Balaban J connectivity index is 1.63. The first-order valence-electron chi connectivity index (χ1n) is 11.8. The lowest BCUT2D eigenvalue weighted by Gasteiger charge is -2.14. The molecule has 0 saturated heterocycles. The van der Waals surface area contributed by atoms with Crippen LogP contribution in [0.15, 0.2) is 52.9 Å². The minimum atomic E-state index is -3.52. The highest BCUT2D eigenvalue weighted by molar-refractivity contribution is 7.98. The van der Waals surface area contributed by atoms with Crippen LogP contribution in [0.25, 0.3) is 17.2 Å². The van der Waals surface area contributed by atoms with Crippen LogP contribution >= 0.6 is 19.6 Å². The molecule has 1 atom stereocenters. The molecule has 3 rings (SSSR count). The number of ether oxygens (including phenoxy) is 1. The highest BCUT2D eigenvalue weighted by Gasteiger charge is 2.26. The van der Waals surface area contributed by atoms with Gasteiger partial charge in [0.15, 0.2) is 0 Å². The second-order valence-electron chi connectivity index (χ2n) is 8.11. The van der Waals surface area contributed by atoms with Gasteiger partial charge >= 0.3 is 13.8 Å². The third kappa shape index (κ3) is 7.40. The Labute approximate surface area is 216 Å². The SMILES string of the molecule is CCOP(=O)(OC)OCCCCOC(=O)CC1=C(C)/C(=C/c2ccc(SC)cc2)c2ccc(F)cc21. The van der Waals surface area contributed by atoms with Gasteiger partial charge in [-0.3, -0.25) is 18.4 Å². The van der Waals surface area contributed by atoms with Crippen LogP contribution in [0.1, 0.15) is 49.8 Å². The van der Waals surface area contributed by atoms with Crippen LogP contribution in [0.3, 0.4) is 0 Å². The predicted molar refractivity (Wildman–Crippen MR) is 142 cm³/mol. The van der Waals surface area contributed by atoms with Crippen molar-refractivity contribution >= 4 is 42.8 Å². The lowest BCUT2D eigenvalue weighted by Crippen LogP contribution is -2.08. The maximum Gasteiger partial charge on any atom is 0.474 e. The molecular formula is C27H32FO6PS. The molecule has 0 amide bonds. The summed E-state index contributed by atoms with van der Waals surface area (Å²) in [5.41, 5.74) is 5.32. The Morgan fingerprint density at radius 1 is 1.06 bits per heavy atom. The third-order valence-electron chi connectivity index (χ3n) is 5.76. The molecule has 0 fully saturated rings. The molecule has 0 spiro atoms. The van der Waals surface area contributed by atoms with E-state index in [4.69, 9.17) is 18.3 Å². The van der Waals surface area contributed by atoms with Gasteiger partial charge in [-0.05, 0) is 96.7 Å². The number of carbonyl (C=O) groups is 1. The average molecular weight is 535 g/mol. The Hall–Kier alpha value is -2.22. The van der Waals surface area contributed by atoms with E-state index in [1.807, 2.05) is 25.3 Å². The number of esters is 1. The quantitative estimate of drug-likeness (QED) is 0.115. The number of thioether (sulfide) groups is 1. The molecule has 1 unspecified atom stereocenters. The zero-order valence-electron chi connectivity index (χ0n) is 21.0. The first-order valence-corrected chi connectivity index (χ1v) is 14.5. The first-order chi connectivity index (χ1) is 17.3. The largest absolute Gasteiger partial charge is 0.474 e. The first kappa shape index (κ1) is 28.4.